The molecule has 0 amide bonds. The highest BCUT2D eigenvalue weighted by Crippen LogP contribution is 2.28. The molecule has 0 unspecified atom stereocenters. The Balaban J connectivity index is 2.26. The number of benzene rings is 1. The van der Waals surface area contributed by atoms with E-state index in [1.807, 2.05) is 36.4 Å². The summed E-state index contributed by atoms with van der Waals surface area (Å²) in [6.07, 6.45) is 3.32. The molecule has 1 N–H and O–H groups in total. The summed E-state index contributed by atoms with van der Waals surface area (Å²) >= 11 is 0. The Kier molecular flexibility index (Phi) is 2.76. The van der Waals surface area contributed by atoms with E-state index in [1.54, 1.807) is 19.5 Å². The predicted molar refractivity (Wildman–Crippen MR) is 74.4 cm³/mol. The van der Waals surface area contributed by atoms with Gasteiger partial charge in [0.2, 0.25) is 5.88 Å². The average Bonchev–Trinajstić information content (AvgIpc) is 2.47. The second-order valence-corrected chi connectivity index (χ2v) is 4.17. The molecule has 0 atom stereocenters. The zero-order chi connectivity index (χ0) is 13.2. The lowest BCUT2D eigenvalue weighted by molar-refractivity contribution is 0.399. The molecular formula is C15H12N2O2. The molecule has 1 aromatic carbocycles. The number of nitrogens with zero attached hydrogens (tertiary/aromatic N) is 1. The summed E-state index contributed by atoms with van der Waals surface area (Å²) in [7, 11) is 1.58. The molecule has 0 radical (unpaired) electrons. The van der Waals surface area contributed by atoms with Crippen LogP contribution in [0.15, 0.2) is 53.6 Å². The third-order valence-electron chi connectivity index (χ3n) is 3.05. The molecule has 0 bridgehead atoms. The van der Waals surface area contributed by atoms with Crippen LogP contribution in [0.1, 0.15) is 0 Å². The van der Waals surface area contributed by atoms with E-state index in [-0.39, 0.29) is 5.56 Å². The van der Waals surface area contributed by atoms with Crippen molar-refractivity contribution in [2.45, 2.75) is 0 Å². The molecule has 4 nitrogen and oxygen atoms in total. The van der Waals surface area contributed by atoms with Gasteiger partial charge in [-0.25, -0.2) is 4.98 Å². The Hall–Kier alpha value is -2.62. The number of nitrogens with one attached hydrogen (secondary N) is 1. The van der Waals surface area contributed by atoms with Gasteiger partial charge < -0.3 is 9.72 Å². The fourth-order valence-corrected chi connectivity index (χ4v) is 2.12. The molecule has 3 aromatic rings. The highest BCUT2D eigenvalue weighted by Gasteiger charge is 2.07. The molecule has 3 rings (SSSR count). The van der Waals surface area contributed by atoms with Gasteiger partial charge in [-0.1, -0.05) is 12.1 Å². The van der Waals surface area contributed by atoms with Crippen molar-refractivity contribution in [3.63, 3.8) is 0 Å². The standard InChI is InChI=1S/C15H12N2O2/c1-19-15-12(3-2-7-17-15)11-5-4-10-6-8-16-14(18)13(10)9-11/h2-9H,1H3,(H,16,18). The first-order valence-corrected chi connectivity index (χ1v) is 5.90. The Morgan fingerprint density at radius 2 is 2.11 bits per heavy atom. The minimum atomic E-state index is -0.0952. The largest absolute Gasteiger partial charge is 0.481 e. The van der Waals surface area contributed by atoms with Crippen LogP contribution in [0.3, 0.4) is 0 Å². The first-order valence-electron chi connectivity index (χ1n) is 5.90. The Bertz CT molecular complexity index is 793. The highest BCUT2D eigenvalue weighted by atomic mass is 16.5. The number of hydrogen-bond acceptors (Lipinski definition) is 3. The van der Waals surface area contributed by atoms with Crippen LogP contribution in [0.4, 0.5) is 0 Å². The van der Waals surface area contributed by atoms with E-state index >= 15 is 0 Å². The summed E-state index contributed by atoms with van der Waals surface area (Å²) in [5.74, 6) is 0.550. The Morgan fingerprint density at radius 3 is 2.95 bits per heavy atom. The number of ether oxygens (including phenoxy) is 1. The van der Waals surface area contributed by atoms with Crippen LogP contribution in [0.2, 0.25) is 0 Å². The molecule has 0 aliphatic heterocycles. The quantitative estimate of drug-likeness (QED) is 0.762. The molecule has 0 spiro atoms. The average molecular weight is 252 g/mol. The van der Waals surface area contributed by atoms with Crippen molar-refractivity contribution in [3.05, 3.63) is 59.1 Å². The monoisotopic (exact) mass is 252 g/mol. The van der Waals surface area contributed by atoms with E-state index in [4.69, 9.17) is 4.74 Å². The second-order valence-electron chi connectivity index (χ2n) is 4.17. The van der Waals surface area contributed by atoms with E-state index in [0.29, 0.717) is 11.3 Å². The molecule has 0 aliphatic rings. The summed E-state index contributed by atoms with van der Waals surface area (Å²) < 4.78 is 5.24. The minimum Gasteiger partial charge on any atom is -0.481 e. The number of aromatic amines is 1. The number of pyridine rings is 2. The van der Waals surface area contributed by atoms with Crippen molar-refractivity contribution >= 4 is 10.8 Å². The minimum absolute atomic E-state index is 0.0952. The zero-order valence-corrected chi connectivity index (χ0v) is 10.4. The number of rotatable bonds is 2. The topological polar surface area (TPSA) is 55.0 Å². The third-order valence-corrected chi connectivity index (χ3v) is 3.05. The maximum absolute atomic E-state index is 11.8. The number of aromatic nitrogens is 2. The maximum Gasteiger partial charge on any atom is 0.255 e. The van der Waals surface area contributed by atoms with Crippen molar-refractivity contribution in [1.29, 1.82) is 0 Å². The summed E-state index contributed by atoms with van der Waals surface area (Å²) in [5, 5.41) is 1.57. The normalized spacial score (nSPS) is 10.6. The summed E-state index contributed by atoms with van der Waals surface area (Å²) in [4.78, 5) is 18.7. The summed E-state index contributed by atoms with van der Waals surface area (Å²) in [5.41, 5.74) is 1.69. The van der Waals surface area contributed by atoms with Gasteiger partial charge in [-0.3, -0.25) is 4.79 Å². The van der Waals surface area contributed by atoms with Crippen molar-refractivity contribution in [1.82, 2.24) is 9.97 Å². The molecule has 94 valence electrons. The van der Waals surface area contributed by atoms with E-state index in [1.165, 1.54) is 0 Å². The maximum atomic E-state index is 11.8. The summed E-state index contributed by atoms with van der Waals surface area (Å²) in [6.45, 7) is 0. The lowest BCUT2D eigenvalue weighted by Crippen LogP contribution is -2.04. The van der Waals surface area contributed by atoms with Gasteiger partial charge in [0.15, 0.2) is 0 Å². The number of fused-ring (bicyclic) bond motifs is 1. The molecule has 0 fully saturated rings. The SMILES string of the molecule is COc1ncccc1-c1ccc2cc[nH]c(=O)c2c1. The van der Waals surface area contributed by atoms with Crippen LogP contribution >= 0.6 is 0 Å². The Labute approximate surface area is 109 Å². The smallest absolute Gasteiger partial charge is 0.255 e. The van der Waals surface area contributed by atoms with Crippen LogP contribution in [-0.4, -0.2) is 17.1 Å². The van der Waals surface area contributed by atoms with Gasteiger partial charge in [0, 0.05) is 23.3 Å². The van der Waals surface area contributed by atoms with Gasteiger partial charge in [-0.05, 0) is 35.2 Å². The van der Waals surface area contributed by atoms with Crippen LogP contribution in [-0.2, 0) is 0 Å². The van der Waals surface area contributed by atoms with Crippen LogP contribution < -0.4 is 10.3 Å². The number of methoxy groups -OCH3 is 1. The molecule has 2 heterocycles. The van der Waals surface area contributed by atoms with Crippen molar-refractivity contribution in [2.75, 3.05) is 7.11 Å². The molecule has 4 heteroatoms. The van der Waals surface area contributed by atoms with Crippen molar-refractivity contribution < 1.29 is 4.74 Å². The first kappa shape index (κ1) is 11.5. The van der Waals surface area contributed by atoms with Crippen molar-refractivity contribution in [2.24, 2.45) is 0 Å². The van der Waals surface area contributed by atoms with Gasteiger partial charge >= 0.3 is 0 Å². The van der Waals surface area contributed by atoms with Gasteiger partial charge in [-0.2, -0.15) is 0 Å². The van der Waals surface area contributed by atoms with E-state index in [9.17, 15) is 4.79 Å². The predicted octanol–water partition coefficient (Wildman–Crippen LogP) is 2.60. The van der Waals surface area contributed by atoms with E-state index in [0.717, 1.165) is 16.5 Å². The lowest BCUT2D eigenvalue weighted by atomic mass is 10.0. The van der Waals surface area contributed by atoms with Gasteiger partial charge in [0.1, 0.15) is 0 Å². The Morgan fingerprint density at radius 1 is 1.21 bits per heavy atom. The van der Waals surface area contributed by atoms with E-state index in [2.05, 4.69) is 9.97 Å². The summed E-state index contributed by atoms with van der Waals surface area (Å²) in [6, 6.07) is 11.4. The fraction of sp³-hybridized carbons (Fsp3) is 0.0667. The first-order chi connectivity index (χ1) is 9.29. The lowest BCUT2D eigenvalue weighted by Gasteiger charge is -2.07. The van der Waals surface area contributed by atoms with Gasteiger partial charge in [0.25, 0.3) is 5.56 Å². The zero-order valence-electron chi connectivity index (χ0n) is 10.4. The van der Waals surface area contributed by atoms with Crippen LogP contribution in [0, 0.1) is 0 Å². The second kappa shape index (κ2) is 4.57. The molecule has 0 saturated heterocycles. The molecular weight excluding hydrogens is 240 g/mol. The molecule has 19 heavy (non-hydrogen) atoms. The van der Waals surface area contributed by atoms with E-state index < -0.39 is 0 Å². The van der Waals surface area contributed by atoms with Crippen LogP contribution in [0.5, 0.6) is 5.88 Å². The highest BCUT2D eigenvalue weighted by molar-refractivity contribution is 5.87. The third kappa shape index (κ3) is 1.97. The van der Waals surface area contributed by atoms with Gasteiger partial charge in [0.05, 0.1) is 7.11 Å². The van der Waals surface area contributed by atoms with Gasteiger partial charge in [-0.15, -0.1) is 0 Å². The number of hydrogen-bond donors (Lipinski definition) is 1. The molecule has 2 aromatic heterocycles. The number of H-pyrrole nitrogens is 1. The molecule has 0 aliphatic carbocycles. The van der Waals surface area contributed by atoms with Crippen molar-refractivity contribution in [3.8, 4) is 17.0 Å². The van der Waals surface area contributed by atoms with Crippen LogP contribution in [0.25, 0.3) is 21.9 Å². The molecule has 0 saturated carbocycles. The fourth-order valence-electron chi connectivity index (χ4n) is 2.12.